The Balaban J connectivity index is 2.01. The van der Waals surface area contributed by atoms with Crippen molar-refractivity contribution in [2.24, 2.45) is 0 Å². The molecule has 0 spiro atoms. The predicted molar refractivity (Wildman–Crippen MR) is 105 cm³/mol. The molecule has 0 saturated heterocycles. The highest BCUT2D eigenvalue weighted by atomic mass is 35.5. The lowest BCUT2D eigenvalue weighted by atomic mass is 10.2. The third-order valence-electron chi connectivity index (χ3n) is 3.71. The quantitative estimate of drug-likeness (QED) is 0.614. The number of amides is 2. The Bertz CT molecular complexity index is 777. The van der Waals surface area contributed by atoms with Crippen molar-refractivity contribution in [3.8, 4) is 5.75 Å². The number of hydrogen-bond donors (Lipinski definition) is 0. The number of halogens is 1. The van der Waals surface area contributed by atoms with Crippen LogP contribution < -0.4 is 13.9 Å². The number of fused-ring (bicyclic) bond motifs is 1. The second-order valence-electron chi connectivity index (χ2n) is 6.40. The lowest BCUT2D eigenvalue weighted by Crippen LogP contribution is -2.47. The van der Waals surface area contributed by atoms with Crippen molar-refractivity contribution in [1.82, 2.24) is 0 Å². The Labute approximate surface area is 157 Å². The number of rotatable bonds is 4. The van der Waals surface area contributed by atoms with Crippen LogP contribution in [0.25, 0.3) is 0 Å². The van der Waals surface area contributed by atoms with E-state index in [0.29, 0.717) is 5.02 Å². The van der Waals surface area contributed by atoms with Crippen LogP contribution in [-0.2, 0) is 0 Å². The molecule has 1 aliphatic heterocycles. The topological polar surface area (TPSA) is 32.8 Å². The van der Waals surface area contributed by atoms with E-state index in [-0.39, 0.29) is 18.2 Å². The van der Waals surface area contributed by atoms with Crippen LogP contribution in [0.15, 0.2) is 47.4 Å². The summed E-state index contributed by atoms with van der Waals surface area (Å²) in [6.45, 7) is 7.99. The van der Waals surface area contributed by atoms with E-state index in [2.05, 4.69) is 0 Å². The number of nitrogens with zero attached hydrogens (tertiary/aromatic N) is 2. The standard InChI is InChI=1S/C19H21ClN2O2S/c1-12(2)21-17-11-16(24-13(3)4)9-10-18(17)25-22(19(21)23)15-7-5-14(20)6-8-15/h5-13H,1-4H3. The summed E-state index contributed by atoms with van der Waals surface area (Å²) in [7, 11) is 0. The van der Waals surface area contributed by atoms with Crippen LogP contribution in [0.3, 0.4) is 0 Å². The normalized spacial score (nSPS) is 14.3. The Morgan fingerprint density at radius 2 is 1.72 bits per heavy atom. The van der Waals surface area contributed by atoms with E-state index in [9.17, 15) is 4.79 Å². The van der Waals surface area contributed by atoms with Gasteiger partial charge in [-0.15, -0.1) is 0 Å². The lowest BCUT2D eigenvalue weighted by Gasteiger charge is -2.38. The molecule has 0 radical (unpaired) electrons. The van der Waals surface area contributed by atoms with Gasteiger partial charge in [-0.3, -0.25) is 4.90 Å². The molecule has 0 unspecified atom stereocenters. The summed E-state index contributed by atoms with van der Waals surface area (Å²) in [5.74, 6) is 0.771. The first-order valence-corrected chi connectivity index (χ1v) is 9.39. The van der Waals surface area contributed by atoms with Crippen molar-refractivity contribution in [2.75, 3.05) is 9.21 Å². The summed E-state index contributed by atoms with van der Waals surface area (Å²) in [6.07, 6.45) is 0.0862. The van der Waals surface area contributed by atoms with Gasteiger partial charge in [-0.1, -0.05) is 11.6 Å². The van der Waals surface area contributed by atoms with Gasteiger partial charge in [0.05, 0.1) is 22.4 Å². The van der Waals surface area contributed by atoms with Gasteiger partial charge in [0, 0.05) is 17.1 Å². The summed E-state index contributed by atoms with van der Waals surface area (Å²) < 4.78 is 7.49. The molecule has 0 N–H and O–H groups in total. The maximum Gasteiger partial charge on any atom is 0.339 e. The van der Waals surface area contributed by atoms with E-state index >= 15 is 0 Å². The molecule has 0 aromatic heterocycles. The Morgan fingerprint density at radius 1 is 1.04 bits per heavy atom. The molecule has 132 valence electrons. The van der Waals surface area contributed by atoms with Gasteiger partial charge in [0.15, 0.2) is 0 Å². The average Bonchev–Trinajstić information content (AvgIpc) is 2.54. The van der Waals surface area contributed by atoms with Gasteiger partial charge in [0.2, 0.25) is 0 Å². The van der Waals surface area contributed by atoms with E-state index in [0.717, 1.165) is 22.0 Å². The van der Waals surface area contributed by atoms with Crippen molar-refractivity contribution in [3.63, 3.8) is 0 Å². The molecule has 6 heteroatoms. The Morgan fingerprint density at radius 3 is 2.32 bits per heavy atom. The number of benzene rings is 2. The minimum Gasteiger partial charge on any atom is -0.491 e. The van der Waals surface area contributed by atoms with E-state index in [1.807, 2.05) is 58.0 Å². The summed E-state index contributed by atoms with van der Waals surface area (Å²) in [4.78, 5) is 15.9. The summed E-state index contributed by atoms with van der Waals surface area (Å²) in [5, 5.41) is 0.648. The molecule has 3 rings (SSSR count). The third kappa shape index (κ3) is 3.72. The number of anilines is 2. The molecule has 2 aromatic carbocycles. The second kappa shape index (κ2) is 7.18. The van der Waals surface area contributed by atoms with Gasteiger partial charge in [0.25, 0.3) is 0 Å². The first-order chi connectivity index (χ1) is 11.9. The largest absolute Gasteiger partial charge is 0.491 e. The van der Waals surface area contributed by atoms with Gasteiger partial charge >= 0.3 is 6.03 Å². The highest BCUT2D eigenvalue weighted by Gasteiger charge is 2.34. The summed E-state index contributed by atoms with van der Waals surface area (Å²) in [5.41, 5.74) is 1.69. The van der Waals surface area contributed by atoms with Gasteiger partial charge in [-0.2, -0.15) is 0 Å². The number of carbonyl (C=O) groups is 1. The van der Waals surface area contributed by atoms with Crippen molar-refractivity contribution in [2.45, 2.75) is 44.7 Å². The highest BCUT2D eigenvalue weighted by molar-refractivity contribution is 8.01. The van der Waals surface area contributed by atoms with Crippen LogP contribution in [0.2, 0.25) is 5.02 Å². The van der Waals surface area contributed by atoms with E-state index in [1.54, 1.807) is 21.3 Å². The smallest absolute Gasteiger partial charge is 0.339 e. The fraction of sp³-hybridized carbons (Fsp3) is 0.316. The zero-order valence-corrected chi connectivity index (χ0v) is 16.3. The maximum absolute atomic E-state index is 13.1. The summed E-state index contributed by atoms with van der Waals surface area (Å²) >= 11 is 7.39. The van der Waals surface area contributed by atoms with Crippen molar-refractivity contribution in [3.05, 3.63) is 47.5 Å². The molecule has 0 aliphatic carbocycles. The van der Waals surface area contributed by atoms with E-state index in [1.165, 1.54) is 11.9 Å². The zero-order chi connectivity index (χ0) is 18.1. The van der Waals surface area contributed by atoms with Crippen LogP contribution in [0.5, 0.6) is 5.75 Å². The molecule has 0 fully saturated rings. The number of hydrogen-bond acceptors (Lipinski definition) is 3. The van der Waals surface area contributed by atoms with Crippen LogP contribution in [0.4, 0.5) is 16.2 Å². The van der Waals surface area contributed by atoms with Gasteiger partial charge in [-0.25, -0.2) is 9.10 Å². The molecule has 4 nitrogen and oxygen atoms in total. The fourth-order valence-corrected chi connectivity index (χ4v) is 3.78. The number of carbonyl (C=O) groups excluding carboxylic acids is 1. The molecule has 1 aliphatic rings. The molecule has 2 amide bonds. The predicted octanol–water partition coefficient (Wildman–Crippen LogP) is 5.99. The first-order valence-electron chi connectivity index (χ1n) is 8.24. The Hall–Kier alpha value is -1.85. The summed E-state index contributed by atoms with van der Waals surface area (Å²) in [6, 6.07) is 13.1. The number of ether oxygens (including phenoxy) is 1. The van der Waals surface area contributed by atoms with Gasteiger partial charge < -0.3 is 4.74 Å². The minimum absolute atomic E-state index is 0.0243. The zero-order valence-electron chi connectivity index (χ0n) is 14.7. The van der Waals surface area contributed by atoms with Crippen LogP contribution in [0, 0.1) is 0 Å². The highest BCUT2D eigenvalue weighted by Crippen LogP contribution is 2.44. The lowest BCUT2D eigenvalue weighted by molar-refractivity contribution is 0.242. The van der Waals surface area contributed by atoms with E-state index in [4.69, 9.17) is 16.3 Å². The molecule has 25 heavy (non-hydrogen) atoms. The van der Waals surface area contributed by atoms with E-state index < -0.39 is 0 Å². The number of urea groups is 1. The molecule has 0 atom stereocenters. The maximum atomic E-state index is 13.1. The van der Waals surface area contributed by atoms with Crippen molar-refractivity contribution < 1.29 is 9.53 Å². The fourth-order valence-electron chi connectivity index (χ4n) is 2.69. The SMILES string of the molecule is CC(C)Oc1ccc2c(c1)N(C(C)C)C(=O)N(c1ccc(Cl)cc1)S2. The van der Waals surface area contributed by atoms with Crippen LogP contribution in [-0.4, -0.2) is 18.2 Å². The van der Waals surface area contributed by atoms with Crippen LogP contribution >= 0.6 is 23.5 Å². The van der Waals surface area contributed by atoms with Crippen molar-refractivity contribution in [1.29, 1.82) is 0 Å². The molecule has 1 heterocycles. The van der Waals surface area contributed by atoms with Crippen molar-refractivity contribution >= 4 is 41.0 Å². The van der Waals surface area contributed by atoms with Gasteiger partial charge in [-0.05, 0) is 76.0 Å². The third-order valence-corrected chi connectivity index (χ3v) is 5.05. The second-order valence-corrected chi connectivity index (χ2v) is 7.83. The Kier molecular flexibility index (Phi) is 5.16. The molecular formula is C19H21ClN2O2S. The molecule has 2 aromatic rings. The average molecular weight is 377 g/mol. The molecule has 0 saturated carbocycles. The molecule has 0 bridgehead atoms. The minimum atomic E-state index is -0.0727. The van der Waals surface area contributed by atoms with Crippen LogP contribution in [0.1, 0.15) is 27.7 Å². The monoisotopic (exact) mass is 376 g/mol. The molecular weight excluding hydrogens is 356 g/mol. The van der Waals surface area contributed by atoms with Gasteiger partial charge in [0.1, 0.15) is 5.75 Å². The first kappa shape index (κ1) is 18.0.